The lowest BCUT2D eigenvalue weighted by molar-refractivity contribution is -0.123. The molecule has 9 nitrogen and oxygen atoms in total. The molecule has 0 spiro atoms. The molecule has 1 amide bonds. The van der Waals surface area contributed by atoms with Gasteiger partial charge in [0.05, 0.1) is 16.9 Å². The van der Waals surface area contributed by atoms with Crippen molar-refractivity contribution >= 4 is 23.2 Å². The Bertz CT molecular complexity index is 1660. The summed E-state index contributed by atoms with van der Waals surface area (Å²) in [5, 5.41) is 8.05. The van der Waals surface area contributed by atoms with Crippen LogP contribution in [0.15, 0.2) is 78.0 Å². The maximum absolute atomic E-state index is 13.5. The minimum Gasteiger partial charge on any atom is -0.480 e. The van der Waals surface area contributed by atoms with Crippen molar-refractivity contribution in [1.29, 1.82) is 0 Å². The molecule has 4 heterocycles. The first-order valence-electron chi connectivity index (χ1n) is 11.5. The van der Waals surface area contributed by atoms with E-state index in [4.69, 9.17) is 16.3 Å². The molecule has 0 aliphatic rings. The predicted molar refractivity (Wildman–Crippen MR) is 140 cm³/mol. The van der Waals surface area contributed by atoms with Crippen molar-refractivity contribution < 1.29 is 9.53 Å². The number of aryl methyl sites for hydroxylation is 2. The summed E-state index contributed by atoms with van der Waals surface area (Å²) in [6, 6.07) is 16.2. The van der Waals surface area contributed by atoms with E-state index in [0.29, 0.717) is 39.9 Å². The first kappa shape index (κ1) is 24.2. The zero-order valence-corrected chi connectivity index (χ0v) is 20.9. The highest BCUT2D eigenvalue weighted by Gasteiger charge is 2.19. The van der Waals surface area contributed by atoms with Gasteiger partial charge in [-0.15, -0.1) is 0 Å². The Morgan fingerprint density at radius 2 is 1.89 bits per heavy atom. The fourth-order valence-corrected chi connectivity index (χ4v) is 4.20. The van der Waals surface area contributed by atoms with Crippen LogP contribution in [-0.4, -0.2) is 36.7 Å². The van der Waals surface area contributed by atoms with Crippen LogP contribution in [0, 0.1) is 13.8 Å². The molecular formula is C27H23ClN6O3. The summed E-state index contributed by atoms with van der Waals surface area (Å²) in [5.41, 5.74) is 3.98. The Labute approximate surface area is 217 Å². The lowest BCUT2D eigenvalue weighted by Gasteiger charge is -2.12. The average molecular weight is 515 g/mol. The Hall–Kier alpha value is -4.50. The molecule has 5 rings (SSSR count). The van der Waals surface area contributed by atoms with Crippen LogP contribution in [0.1, 0.15) is 17.0 Å². The van der Waals surface area contributed by atoms with Crippen LogP contribution in [0.5, 0.6) is 5.75 Å². The lowest BCUT2D eigenvalue weighted by atomic mass is 10.1. The summed E-state index contributed by atoms with van der Waals surface area (Å²) in [6.45, 7) is 3.81. The van der Waals surface area contributed by atoms with Crippen molar-refractivity contribution in [3.8, 4) is 22.7 Å². The van der Waals surface area contributed by atoms with Crippen LogP contribution in [0.2, 0.25) is 5.02 Å². The van der Waals surface area contributed by atoms with Gasteiger partial charge in [0, 0.05) is 35.9 Å². The molecule has 0 saturated carbocycles. The normalized spacial score (nSPS) is 11.0. The molecule has 186 valence electrons. The summed E-state index contributed by atoms with van der Waals surface area (Å²) in [7, 11) is 0. The largest absolute Gasteiger partial charge is 0.480 e. The van der Waals surface area contributed by atoms with Gasteiger partial charge in [-0.1, -0.05) is 17.7 Å². The minimum atomic E-state index is -0.295. The number of hydrogen-bond acceptors (Lipinski definition) is 6. The number of rotatable bonds is 7. The summed E-state index contributed by atoms with van der Waals surface area (Å²) < 4.78 is 8.88. The molecule has 0 aliphatic carbocycles. The molecule has 1 aromatic carbocycles. The molecule has 37 heavy (non-hydrogen) atoms. The second-order valence-corrected chi connectivity index (χ2v) is 8.86. The second-order valence-electron chi connectivity index (χ2n) is 8.43. The number of carbonyl (C=O) groups is 1. The number of aromatic nitrogens is 5. The van der Waals surface area contributed by atoms with E-state index in [2.05, 4.69) is 20.4 Å². The molecule has 5 aromatic rings. The Morgan fingerprint density at radius 1 is 1.08 bits per heavy atom. The third kappa shape index (κ3) is 5.07. The number of fused-ring (bicyclic) bond motifs is 1. The number of ether oxygens (including phenoxy) is 1. The molecule has 0 saturated heterocycles. The Morgan fingerprint density at radius 3 is 2.68 bits per heavy atom. The number of amides is 1. The van der Waals surface area contributed by atoms with Gasteiger partial charge in [-0.3, -0.25) is 19.0 Å². The monoisotopic (exact) mass is 514 g/mol. The molecule has 4 aromatic heterocycles. The van der Waals surface area contributed by atoms with E-state index in [1.54, 1.807) is 54.5 Å². The standard InChI is InChI=1S/C27H23ClN6O3/c1-17-13-22(32-34(17)21-6-3-5-20(28)14-21)25-18(2)31-26-23(7-4-12-33(26)27(25)36)37-16-24(35)30-15-19-8-10-29-11-9-19/h3-14H,15-16H2,1-2H3,(H,30,35). The highest BCUT2D eigenvalue weighted by atomic mass is 35.5. The smallest absolute Gasteiger partial charge is 0.267 e. The van der Waals surface area contributed by atoms with E-state index >= 15 is 0 Å². The summed E-state index contributed by atoms with van der Waals surface area (Å²) in [5.74, 6) is 0.0329. The van der Waals surface area contributed by atoms with Gasteiger partial charge in [0.2, 0.25) is 0 Å². The van der Waals surface area contributed by atoms with Crippen LogP contribution in [0.4, 0.5) is 0 Å². The zero-order valence-electron chi connectivity index (χ0n) is 20.2. The van der Waals surface area contributed by atoms with Crippen LogP contribution >= 0.6 is 11.6 Å². The maximum atomic E-state index is 13.5. The topological polar surface area (TPSA) is 103 Å². The molecule has 0 bridgehead atoms. The van der Waals surface area contributed by atoms with E-state index in [9.17, 15) is 9.59 Å². The van der Waals surface area contributed by atoms with Crippen LogP contribution in [-0.2, 0) is 11.3 Å². The van der Waals surface area contributed by atoms with Gasteiger partial charge in [0.25, 0.3) is 11.5 Å². The third-order valence-electron chi connectivity index (χ3n) is 5.79. The molecule has 0 fully saturated rings. The van der Waals surface area contributed by atoms with E-state index in [0.717, 1.165) is 16.9 Å². The number of nitrogens with zero attached hydrogens (tertiary/aromatic N) is 5. The average Bonchev–Trinajstić information content (AvgIpc) is 3.28. The molecule has 0 radical (unpaired) electrons. The number of carbonyl (C=O) groups excluding carboxylic acids is 1. The quantitative estimate of drug-likeness (QED) is 0.353. The number of halogens is 1. The molecule has 0 unspecified atom stereocenters. The SMILES string of the molecule is Cc1nc2c(OCC(=O)NCc3ccncc3)cccn2c(=O)c1-c1cc(C)n(-c2cccc(Cl)c2)n1. The number of benzene rings is 1. The third-order valence-corrected chi connectivity index (χ3v) is 6.03. The Kier molecular flexibility index (Phi) is 6.70. The van der Waals surface area contributed by atoms with E-state index in [1.807, 2.05) is 37.3 Å². The predicted octanol–water partition coefficient (Wildman–Crippen LogP) is 3.91. The molecule has 10 heteroatoms. The summed E-state index contributed by atoms with van der Waals surface area (Å²) in [6.07, 6.45) is 4.94. The van der Waals surface area contributed by atoms with Crippen molar-refractivity contribution in [1.82, 2.24) is 29.5 Å². The van der Waals surface area contributed by atoms with Crippen LogP contribution < -0.4 is 15.6 Å². The number of hydrogen-bond donors (Lipinski definition) is 1. The van der Waals surface area contributed by atoms with Gasteiger partial charge in [-0.25, -0.2) is 9.67 Å². The maximum Gasteiger partial charge on any atom is 0.267 e. The van der Waals surface area contributed by atoms with E-state index < -0.39 is 0 Å². The van der Waals surface area contributed by atoms with Gasteiger partial charge in [-0.05, 0) is 67.9 Å². The number of nitrogens with one attached hydrogen (secondary N) is 1. The molecule has 0 atom stereocenters. The number of pyridine rings is 2. The second kappa shape index (κ2) is 10.2. The molecule has 0 aliphatic heterocycles. The van der Waals surface area contributed by atoms with Crippen LogP contribution in [0.3, 0.4) is 0 Å². The first-order valence-corrected chi connectivity index (χ1v) is 11.9. The van der Waals surface area contributed by atoms with Crippen molar-refractivity contribution in [3.05, 3.63) is 106 Å². The van der Waals surface area contributed by atoms with E-state index in [-0.39, 0.29) is 18.1 Å². The fraction of sp³-hybridized carbons (Fsp3) is 0.148. The van der Waals surface area contributed by atoms with Crippen molar-refractivity contribution in [2.75, 3.05) is 6.61 Å². The zero-order chi connectivity index (χ0) is 25.9. The van der Waals surface area contributed by atoms with Crippen LogP contribution in [0.25, 0.3) is 22.6 Å². The highest BCUT2D eigenvalue weighted by Crippen LogP contribution is 2.24. The summed E-state index contributed by atoms with van der Waals surface area (Å²) >= 11 is 6.15. The van der Waals surface area contributed by atoms with Gasteiger partial charge >= 0.3 is 0 Å². The highest BCUT2D eigenvalue weighted by molar-refractivity contribution is 6.30. The van der Waals surface area contributed by atoms with Crippen molar-refractivity contribution in [3.63, 3.8) is 0 Å². The first-order chi connectivity index (χ1) is 17.9. The fourth-order valence-electron chi connectivity index (χ4n) is 4.01. The van der Waals surface area contributed by atoms with Crippen molar-refractivity contribution in [2.24, 2.45) is 0 Å². The Balaban J connectivity index is 1.41. The minimum absolute atomic E-state index is 0.218. The van der Waals surface area contributed by atoms with Gasteiger partial charge < -0.3 is 10.1 Å². The van der Waals surface area contributed by atoms with Gasteiger partial charge in [0.1, 0.15) is 5.69 Å². The molecular weight excluding hydrogens is 492 g/mol. The summed E-state index contributed by atoms with van der Waals surface area (Å²) in [4.78, 5) is 34.4. The van der Waals surface area contributed by atoms with Gasteiger partial charge in [0.15, 0.2) is 18.0 Å². The molecule has 1 N–H and O–H groups in total. The van der Waals surface area contributed by atoms with Gasteiger partial charge in [-0.2, -0.15) is 5.10 Å². The lowest BCUT2D eigenvalue weighted by Crippen LogP contribution is -2.28. The van der Waals surface area contributed by atoms with Crippen molar-refractivity contribution in [2.45, 2.75) is 20.4 Å². The van der Waals surface area contributed by atoms with E-state index in [1.165, 1.54) is 4.40 Å².